The van der Waals surface area contributed by atoms with Gasteiger partial charge in [-0.15, -0.1) is 5.10 Å². The lowest BCUT2D eigenvalue weighted by atomic mass is 10.1. The molecule has 0 saturated carbocycles. The highest BCUT2D eigenvalue weighted by Crippen LogP contribution is 2.28. The minimum absolute atomic E-state index is 0.613. The molecule has 1 aromatic heterocycles. The molecule has 0 aliphatic rings. The van der Waals surface area contributed by atoms with Crippen LogP contribution >= 0.6 is 11.6 Å². The highest BCUT2D eigenvalue weighted by atomic mass is 35.5. The second-order valence-electron chi connectivity index (χ2n) is 4.94. The van der Waals surface area contributed by atoms with E-state index in [0.717, 1.165) is 22.4 Å². The maximum Gasteiger partial charge on any atom is 0.189 e. The number of anilines is 1. The third-order valence-electron chi connectivity index (χ3n) is 3.31. The standard InChI is InChI=1S/C15H14ClN5/c1-9-3-5-13(17)12(7-9)15-18-19-20-21(15)14-6-4-11(16)8-10(14)2/h3-8H,17H2,1-2H3. The quantitative estimate of drug-likeness (QED) is 0.738. The second kappa shape index (κ2) is 5.18. The Morgan fingerprint density at radius 1 is 1.10 bits per heavy atom. The van der Waals surface area contributed by atoms with Gasteiger partial charge in [-0.05, 0) is 60.2 Å². The van der Waals surface area contributed by atoms with Crippen LogP contribution in [0, 0.1) is 13.8 Å². The van der Waals surface area contributed by atoms with Crippen LogP contribution in [-0.4, -0.2) is 20.2 Å². The Kier molecular flexibility index (Phi) is 3.35. The van der Waals surface area contributed by atoms with Crippen molar-refractivity contribution in [1.82, 2.24) is 20.2 Å². The molecule has 1 heterocycles. The van der Waals surface area contributed by atoms with Gasteiger partial charge in [0.1, 0.15) is 0 Å². The van der Waals surface area contributed by atoms with Crippen LogP contribution in [0.15, 0.2) is 36.4 Å². The third-order valence-corrected chi connectivity index (χ3v) is 3.54. The summed E-state index contributed by atoms with van der Waals surface area (Å²) in [6, 6.07) is 11.4. The summed E-state index contributed by atoms with van der Waals surface area (Å²) >= 11 is 6.00. The molecule has 0 aliphatic carbocycles. The predicted octanol–water partition coefficient (Wildman–Crippen LogP) is 3.18. The van der Waals surface area contributed by atoms with Gasteiger partial charge in [-0.1, -0.05) is 23.2 Å². The molecule has 0 radical (unpaired) electrons. The van der Waals surface area contributed by atoms with Crippen LogP contribution < -0.4 is 5.73 Å². The van der Waals surface area contributed by atoms with Gasteiger partial charge < -0.3 is 5.73 Å². The summed E-state index contributed by atoms with van der Waals surface area (Å²) < 4.78 is 1.68. The summed E-state index contributed by atoms with van der Waals surface area (Å²) in [5.41, 5.74) is 10.5. The number of hydrogen-bond donors (Lipinski definition) is 1. The van der Waals surface area contributed by atoms with Crippen LogP contribution in [-0.2, 0) is 0 Å². The molecule has 0 spiro atoms. The van der Waals surface area contributed by atoms with Gasteiger partial charge in [0.05, 0.1) is 5.69 Å². The van der Waals surface area contributed by atoms with Crippen LogP contribution in [0.1, 0.15) is 11.1 Å². The van der Waals surface area contributed by atoms with Crippen LogP contribution in [0.5, 0.6) is 0 Å². The second-order valence-corrected chi connectivity index (χ2v) is 5.37. The molecule has 0 fully saturated rings. The predicted molar refractivity (Wildman–Crippen MR) is 83.5 cm³/mol. The fourth-order valence-corrected chi connectivity index (χ4v) is 2.46. The minimum Gasteiger partial charge on any atom is -0.398 e. The zero-order valence-electron chi connectivity index (χ0n) is 11.7. The van der Waals surface area contributed by atoms with Gasteiger partial charge >= 0.3 is 0 Å². The van der Waals surface area contributed by atoms with Crippen molar-refractivity contribution in [2.24, 2.45) is 0 Å². The number of tetrazole rings is 1. The van der Waals surface area contributed by atoms with Gasteiger partial charge in [0.15, 0.2) is 5.82 Å². The molecule has 5 nitrogen and oxygen atoms in total. The van der Waals surface area contributed by atoms with Crippen LogP contribution in [0.4, 0.5) is 5.69 Å². The Morgan fingerprint density at radius 2 is 1.90 bits per heavy atom. The van der Waals surface area contributed by atoms with E-state index in [2.05, 4.69) is 15.5 Å². The van der Waals surface area contributed by atoms with E-state index in [1.165, 1.54) is 0 Å². The summed E-state index contributed by atoms with van der Waals surface area (Å²) in [6.45, 7) is 3.97. The first kappa shape index (κ1) is 13.6. The number of hydrogen-bond acceptors (Lipinski definition) is 4. The minimum atomic E-state index is 0.613. The van der Waals surface area contributed by atoms with E-state index in [4.69, 9.17) is 17.3 Å². The number of halogens is 1. The Balaban J connectivity index is 2.19. The Morgan fingerprint density at radius 3 is 2.67 bits per heavy atom. The number of rotatable bonds is 2. The van der Waals surface area contributed by atoms with Crippen molar-refractivity contribution in [3.63, 3.8) is 0 Å². The maximum absolute atomic E-state index is 6.06. The van der Waals surface area contributed by atoms with Gasteiger partial charge in [-0.3, -0.25) is 0 Å². The van der Waals surface area contributed by atoms with Gasteiger partial charge in [-0.2, -0.15) is 4.68 Å². The molecule has 0 aliphatic heterocycles. The maximum atomic E-state index is 6.06. The average Bonchev–Trinajstić information content (AvgIpc) is 2.90. The normalized spacial score (nSPS) is 10.8. The van der Waals surface area contributed by atoms with Gasteiger partial charge in [0, 0.05) is 16.3 Å². The summed E-state index contributed by atoms with van der Waals surface area (Å²) in [5.74, 6) is 0.613. The number of nitrogens with two attached hydrogens (primary N) is 1. The highest BCUT2D eigenvalue weighted by molar-refractivity contribution is 6.30. The van der Waals surface area contributed by atoms with Crippen molar-refractivity contribution in [1.29, 1.82) is 0 Å². The third kappa shape index (κ3) is 2.48. The zero-order valence-corrected chi connectivity index (χ0v) is 12.5. The smallest absolute Gasteiger partial charge is 0.189 e. The molecule has 2 N–H and O–H groups in total. The van der Waals surface area contributed by atoms with Crippen molar-refractivity contribution in [3.8, 4) is 17.1 Å². The zero-order chi connectivity index (χ0) is 15.0. The lowest BCUT2D eigenvalue weighted by Gasteiger charge is -2.10. The fraction of sp³-hybridized carbons (Fsp3) is 0.133. The number of nitrogen functional groups attached to an aromatic ring is 1. The van der Waals surface area contributed by atoms with Gasteiger partial charge in [0.2, 0.25) is 0 Å². The lowest BCUT2D eigenvalue weighted by Crippen LogP contribution is -2.03. The lowest BCUT2D eigenvalue weighted by molar-refractivity contribution is 0.787. The first-order chi connectivity index (χ1) is 10.1. The first-order valence-electron chi connectivity index (χ1n) is 6.47. The van der Waals surface area contributed by atoms with Crippen LogP contribution in [0.25, 0.3) is 17.1 Å². The van der Waals surface area contributed by atoms with E-state index in [-0.39, 0.29) is 0 Å². The monoisotopic (exact) mass is 299 g/mol. The molecule has 0 unspecified atom stereocenters. The summed E-state index contributed by atoms with van der Waals surface area (Å²) in [5, 5.41) is 12.7. The van der Waals surface area contributed by atoms with Crippen LogP contribution in [0.3, 0.4) is 0 Å². The Bertz CT molecular complexity index is 810. The molecule has 6 heteroatoms. The molecule has 0 amide bonds. The Labute approximate surface area is 127 Å². The molecule has 3 aromatic rings. The molecule has 0 bridgehead atoms. The number of aromatic nitrogens is 4. The number of aryl methyl sites for hydroxylation is 2. The van der Waals surface area contributed by atoms with Gasteiger partial charge in [-0.25, -0.2) is 0 Å². The Hall–Kier alpha value is -2.40. The summed E-state index contributed by atoms with van der Waals surface area (Å²) in [7, 11) is 0. The van der Waals surface area contributed by atoms with E-state index < -0.39 is 0 Å². The van der Waals surface area contributed by atoms with Crippen molar-refractivity contribution in [3.05, 3.63) is 52.5 Å². The van der Waals surface area contributed by atoms with E-state index >= 15 is 0 Å². The van der Waals surface area contributed by atoms with Crippen molar-refractivity contribution in [2.45, 2.75) is 13.8 Å². The molecule has 0 saturated heterocycles. The highest BCUT2D eigenvalue weighted by Gasteiger charge is 2.15. The van der Waals surface area contributed by atoms with E-state index in [1.54, 1.807) is 4.68 Å². The van der Waals surface area contributed by atoms with E-state index in [0.29, 0.717) is 16.5 Å². The molecular weight excluding hydrogens is 286 g/mol. The number of nitrogens with zero attached hydrogens (tertiary/aromatic N) is 4. The average molecular weight is 300 g/mol. The van der Waals surface area contributed by atoms with Crippen molar-refractivity contribution < 1.29 is 0 Å². The first-order valence-corrected chi connectivity index (χ1v) is 6.85. The van der Waals surface area contributed by atoms with Gasteiger partial charge in [0.25, 0.3) is 0 Å². The fourth-order valence-electron chi connectivity index (χ4n) is 2.24. The largest absolute Gasteiger partial charge is 0.398 e. The molecule has 21 heavy (non-hydrogen) atoms. The van der Waals surface area contributed by atoms with E-state index in [1.807, 2.05) is 50.2 Å². The SMILES string of the molecule is Cc1ccc(N)c(-c2nnnn2-c2ccc(Cl)cc2C)c1. The molecular formula is C15H14ClN5. The van der Waals surface area contributed by atoms with Crippen LogP contribution in [0.2, 0.25) is 5.02 Å². The molecule has 3 rings (SSSR count). The topological polar surface area (TPSA) is 69.6 Å². The summed E-state index contributed by atoms with van der Waals surface area (Å²) in [6.07, 6.45) is 0. The van der Waals surface area contributed by atoms with E-state index in [9.17, 15) is 0 Å². The number of benzene rings is 2. The molecule has 106 valence electrons. The summed E-state index contributed by atoms with van der Waals surface area (Å²) in [4.78, 5) is 0. The molecule has 0 atom stereocenters. The van der Waals surface area contributed by atoms with Crippen molar-refractivity contribution >= 4 is 17.3 Å². The molecule has 2 aromatic carbocycles. The van der Waals surface area contributed by atoms with Crippen molar-refractivity contribution in [2.75, 3.05) is 5.73 Å².